The average molecular weight is 333 g/mol. The molecule has 1 atom stereocenters. The minimum Gasteiger partial charge on any atom is -0.333 e. The molecule has 7 heteroatoms. The molecule has 0 fully saturated rings. The van der Waals surface area contributed by atoms with Gasteiger partial charge in [0.25, 0.3) is 5.91 Å². The summed E-state index contributed by atoms with van der Waals surface area (Å²) >= 11 is 1.45. The van der Waals surface area contributed by atoms with Crippen molar-refractivity contribution in [3.63, 3.8) is 0 Å². The van der Waals surface area contributed by atoms with Gasteiger partial charge in [-0.15, -0.1) is 11.3 Å². The standard InChI is InChI=1S/C16H23N5OS/c1-12(2)19(3)6-13-7-20-5-4-17-15(20)9-21(8-13)16(22)14-10-23-11-18-14/h4-5,10-13H,6-9H2,1-3H3/t13-/m0/s1. The van der Waals surface area contributed by atoms with Gasteiger partial charge < -0.3 is 14.4 Å². The smallest absolute Gasteiger partial charge is 0.273 e. The third-order valence-electron chi connectivity index (χ3n) is 4.43. The molecule has 0 N–H and O–H groups in total. The van der Waals surface area contributed by atoms with E-state index in [4.69, 9.17) is 0 Å². The number of carbonyl (C=O) groups excluding carboxylic acids is 1. The first kappa shape index (κ1) is 16.1. The summed E-state index contributed by atoms with van der Waals surface area (Å²) in [5, 5.41) is 1.81. The molecule has 1 amide bonds. The van der Waals surface area contributed by atoms with Crippen LogP contribution in [0.4, 0.5) is 0 Å². The summed E-state index contributed by atoms with van der Waals surface area (Å²) in [6, 6.07) is 0.489. The Kier molecular flexibility index (Phi) is 4.77. The summed E-state index contributed by atoms with van der Waals surface area (Å²) in [5.41, 5.74) is 2.24. The lowest BCUT2D eigenvalue weighted by atomic mass is 10.1. The minimum absolute atomic E-state index is 0.0000926. The summed E-state index contributed by atoms with van der Waals surface area (Å²) in [7, 11) is 2.14. The van der Waals surface area contributed by atoms with Crippen molar-refractivity contribution >= 4 is 17.2 Å². The van der Waals surface area contributed by atoms with E-state index in [1.807, 2.05) is 22.7 Å². The first-order chi connectivity index (χ1) is 11.0. The Hall–Kier alpha value is -1.73. The quantitative estimate of drug-likeness (QED) is 0.858. The number of imidazole rings is 1. The number of fused-ring (bicyclic) bond motifs is 1. The highest BCUT2D eigenvalue weighted by atomic mass is 32.1. The molecule has 1 aliphatic heterocycles. The number of rotatable bonds is 4. The number of amides is 1. The molecule has 1 aliphatic rings. The lowest BCUT2D eigenvalue weighted by molar-refractivity contribution is 0.0697. The van der Waals surface area contributed by atoms with Crippen LogP contribution < -0.4 is 0 Å². The highest BCUT2D eigenvalue weighted by Crippen LogP contribution is 2.19. The average Bonchev–Trinajstić information content (AvgIpc) is 3.15. The first-order valence-electron chi connectivity index (χ1n) is 7.92. The van der Waals surface area contributed by atoms with Gasteiger partial charge in [0.1, 0.15) is 11.5 Å². The van der Waals surface area contributed by atoms with E-state index in [9.17, 15) is 4.79 Å². The van der Waals surface area contributed by atoms with Crippen LogP contribution in [0.15, 0.2) is 23.3 Å². The minimum atomic E-state index is -0.0000926. The Bertz CT molecular complexity index is 651. The summed E-state index contributed by atoms with van der Waals surface area (Å²) in [6.45, 7) is 7.51. The Labute approximate surface area is 140 Å². The zero-order valence-electron chi connectivity index (χ0n) is 13.8. The van der Waals surface area contributed by atoms with Crippen molar-refractivity contribution in [2.45, 2.75) is 33.0 Å². The van der Waals surface area contributed by atoms with Crippen LogP contribution in [0.5, 0.6) is 0 Å². The van der Waals surface area contributed by atoms with Gasteiger partial charge in [0, 0.05) is 49.4 Å². The molecule has 0 spiro atoms. The van der Waals surface area contributed by atoms with E-state index in [2.05, 4.69) is 40.3 Å². The van der Waals surface area contributed by atoms with Gasteiger partial charge in [-0.1, -0.05) is 0 Å². The van der Waals surface area contributed by atoms with Crippen LogP contribution in [0, 0.1) is 5.92 Å². The molecule has 3 rings (SSSR count). The molecule has 0 bridgehead atoms. The fourth-order valence-corrected chi connectivity index (χ4v) is 3.44. The zero-order valence-corrected chi connectivity index (χ0v) is 14.7. The van der Waals surface area contributed by atoms with Crippen molar-refractivity contribution in [2.75, 3.05) is 20.1 Å². The zero-order chi connectivity index (χ0) is 16.4. The van der Waals surface area contributed by atoms with Crippen LogP contribution in [-0.2, 0) is 13.1 Å². The Morgan fingerprint density at radius 2 is 2.26 bits per heavy atom. The maximum Gasteiger partial charge on any atom is 0.273 e. The molecule has 0 saturated heterocycles. The number of aromatic nitrogens is 3. The second-order valence-corrected chi connectivity index (χ2v) is 7.17. The second kappa shape index (κ2) is 6.80. The van der Waals surface area contributed by atoms with Crippen molar-refractivity contribution in [1.29, 1.82) is 0 Å². The predicted octanol–water partition coefficient (Wildman–Crippen LogP) is 1.95. The van der Waals surface area contributed by atoms with E-state index < -0.39 is 0 Å². The fourth-order valence-electron chi connectivity index (χ4n) is 2.91. The predicted molar refractivity (Wildman–Crippen MR) is 90.3 cm³/mol. The van der Waals surface area contributed by atoms with Crippen molar-refractivity contribution in [3.8, 4) is 0 Å². The van der Waals surface area contributed by atoms with Gasteiger partial charge in [0.05, 0.1) is 12.1 Å². The second-order valence-electron chi connectivity index (χ2n) is 6.45. The highest BCUT2D eigenvalue weighted by molar-refractivity contribution is 7.07. The van der Waals surface area contributed by atoms with Crippen molar-refractivity contribution in [1.82, 2.24) is 24.3 Å². The van der Waals surface area contributed by atoms with Crippen LogP contribution in [0.2, 0.25) is 0 Å². The van der Waals surface area contributed by atoms with Gasteiger partial charge in [-0.05, 0) is 20.9 Å². The van der Waals surface area contributed by atoms with E-state index in [1.165, 1.54) is 11.3 Å². The van der Waals surface area contributed by atoms with Crippen LogP contribution in [-0.4, -0.2) is 56.4 Å². The summed E-state index contributed by atoms with van der Waals surface area (Å²) in [6.07, 6.45) is 3.82. The van der Waals surface area contributed by atoms with Crippen LogP contribution in [0.1, 0.15) is 30.2 Å². The van der Waals surface area contributed by atoms with Gasteiger partial charge in [-0.25, -0.2) is 9.97 Å². The molecule has 2 aromatic rings. The van der Waals surface area contributed by atoms with Crippen molar-refractivity contribution in [3.05, 3.63) is 34.8 Å². The number of carbonyl (C=O) groups is 1. The molecule has 0 saturated carbocycles. The summed E-state index contributed by atoms with van der Waals surface area (Å²) in [4.78, 5) is 25.5. The largest absolute Gasteiger partial charge is 0.333 e. The Balaban J connectivity index is 1.81. The molecular formula is C16H23N5OS. The van der Waals surface area contributed by atoms with Gasteiger partial charge in [0.15, 0.2) is 0 Å². The van der Waals surface area contributed by atoms with Crippen LogP contribution >= 0.6 is 11.3 Å². The molecule has 23 heavy (non-hydrogen) atoms. The number of hydrogen-bond donors (Lipinski definition) is 0. The topological polar surface area (TPSA) is 54.3 Å². The molecular weight excluding hydrogens is 310 g/mol. The molecule has 0 aliphatic carbocycles. The molecule has 6 nitrogen and oxygen atoms in total. The fraction of sp³-hybridized carbons (Fsp3) is 0.562. The molecule has 124 valence electrons. The van der Waals surface area contributed by atoms with Crippen molar-refractivity contribution < 1.29 is 4.79 Å². The lowest BCUT2D eigenvalue weighted by Gasteiger charge is -2.29. The van der Waals surface area contributed by atoms with Crippen LogP contribution in [0.25, 0.3) is 0 Å². The number of nitrogens with zero attached hydrogens (tertiary/aromatic N) is 5. The third-order valence-corrected chi connectivity index (χ3v) is 5.02. The number of thiazole rings is 1. The Morgan fingerprint density at radius 1 is 1.43 bits per heavy atom. The maximum atomic E-state index is 12.7. The Morgan fingerprint density at radius 3 is 2.96 bits per heavy atom. The molecule has 0 aromatic carbocycles. The third kappa shape index (κ3) is 3.61. The van der Waals surface area contributed by atoms with Crippen molar-refractivity contribution in [2.24, 2.45) is 5.92 Å². The first-order valence-corrected chi connectivity index (χ1v) is 8.86. The molecule has 0 unspecified atom stereocenters. The molecule has 2 aromatic heterocycles. The lowest BCUT2D eigenvalue weighted by Crippen LogP contribution is -2.40. The van der Waals surface area contributed by atoms with Gasteiger partial charge in [0.2, 0.25) is 0 Å². The normalized spacial score (nSPS) is 18.3. The molecule has 0 radical (unpaired) electrons. The van der Waals surface area contributed by atoms with Gasteiger partial charge in [-0.3, -0.25) is 4.79 Å². The summed E-state index contributed by atoms with van der Waals surface area (Å²) in [5.74, 6) is 1.32. The van der Waals surface area contributed by atoms with E-state index in [0.29, 0.717) is 24.2 Å². The van der Waals surface area contributed by atoms with E-state index in [1.54, 1.807) is 5.51 Å². The number of hydrogen-bond acceptors (Lipinski definition) is 5. The van der Waals surface area contributed by atoms with E-state index >= 15 is 0 Å². The highest BCUT2D eigenvalue weighted by Gasteiger charge is 2.28. The van der Waals surface area contributed by atoms with Gasteiger partial charge >= 0.3 is 0 Å². The maximum absolute atomic E-state index is 12.7. The summed E-state index contributed by atoms with van der Waals surface area (Å²) < 4.78 is 2.17. The van der Waals surface area contributed by atoms with Gasteiger partial charge in [-0.2, -0.15) is 0 Å². The molecule has 3 heterocycles. The van der Waals surface area contributed by atoms with Crippen LogP contribution in [0.3, 0.4) is 0 Å². The SMILES string of the molecule is CC(C)N(C)C[C@@H]1CN(C(=O)c2cscn2)Cc2nccn2C1. The van der Waals surface area contributed by atoms with E-state index in [0.717, 1.165) is 25.5 Å². The van der Waals surface area contributed by atoms with E-state index in [-0.39, 0.29) is 5.91 Å². The monoisotopic (exact) mass is 333 g/mol.